The Morgan fingerprint density at radius 2 is 2.22 bits per heavy atom. The highest BCUT2D eigenvalue weighted by Crippen LogP contribution is 2.51. The number of methoxy groups -OCH3 is 1. The molecule has 2 saturated heterocycles. The highest BCUT2D eigenvalue weighted by molar-refractivity contribution is 5.86. The Morgan fingerprint density at radius 1 is 1.30 bits per heavy atom. The number of fused-ring (bicyclic) bond motifs is 3. The first-order valence-electron chi connectivity index (χ1n) is 9.21. The van der Waals surface area contributed by atoms with E-state index in [2.05, 4.69) is 35.0 Å². The van der Waals surface area contributed by atoms with E-state index in [9.17, 15) is 0 Å². The smallest absolute Gasteiger partial charge is 0.119 e. The van der Waals surface area contributed by atoms with Crippen LogP contribution in [0, 0.1) is 11.8 Å². The Morgan fingerprint density at radius 3 is 3.00 bits per heavy atom. The SMILES string of the molecule is CCC1CC2CN3CCc4c([nH]c5ccc(OC)cc45)C2CC13. The zero-order chi connectivity index (χ0) is 15.6. The first-order valence-corrected chi connectivity index (χ1v) is 9.21. The van der Waals surface area contributed by atoms with E-state index in [0.717, 1.165) is 29.5 Å². The van der Waals surface area contributed by atoms with Crippen LogP contribution in [0.3, 0.4) is 0 Å². The summed E-state index contributed by atoms with van der Waals surface area (Å²) in [5.41, 5.74) is 4.41. The molecule has 122 valence electrons. The maximum Gasteiger partial charge on any atom is 0.119 e. The van der Waals surface area contributed by atoms with Crippen molar-refractivity contribution in [1.29, 1.82) is 0 Å². The van der Waals surface area contributed by atoms with Gasteiger partial charge in [0.1, 0.15) is 5.75 Å². The van der Waals surface area contributed by atoms with E-state index in [4.69, 9.17) is 4.74 Å². The first kappa shape index (κ1) is 13.9. The molecule has 0 amide bonds. The van der Waals surface area contributed by atoms with Gasteiger partial charge in [0.05, 0.1) is 7.11 Å². The molecule has 5 unspecified atom stereocenters. The van der Waals surface area contributed by atoms with Gasteiger partial charge in [-0.15, -0.1) is 0 Å². The Labute approximate surface area is 138 Å². The van der Waals surface area contributed by atoms with Gasteiger partial charge in [-0.05, 0) is 54.9 Å². The van der Waals surface area contributed by atoms with Crippen molar-refractivity contribution in [3.63, 3.8) is 0 Å². The Kier molecular flexibility index (Phi) is 3.03. The highest BCUT2D eigenvalue weighted by Gasteiger charge is 2.47. The molecule has 3 heteroatoms. The molecule has 0 spiro atoms. The van der Waals surface area contributed by atoms with E-state index in [0.29, 0.717) is 0 Å². The highest BCUT2D eigenvalue weighted by atomic mass is 16.5. The lowest BCUT2D eigenvalue weighted by Crippen LogP contribution is -2.57. The van der Waals surface area contributed by atoms with Crippen molar-refractivity contribution in [2.45, 2.75) is 44.6 Å². The topological polar surface area (TPSA) is 28.3 Å². The number of H-pyrrole nitrogens is 1. The maximum absolute atomic E-state index is 5.45. The summed E-state index contributed by atoms with van der Waals surface area (Å²) in [6.45, 7) is 4.93. The van der Waals surface area contributed by atoms with Crippen molar-refractivity contribution in [2.75, 3.05) is 20.2 Å². The summed E-state index contributed by atoms with van der Waals surface area (Å²) in [5.74, 6) is 3.49. The summed E-state index contributed by atoms with van der Waals surface area (Å²) in [6.07, 6.45) is 5.32. The molecule has 5 heterocycles. The van der Waals surface area contributed by atoms with Gasteiger partial charge >= 0.3 is 0 Å². The molecule has 1 N–H and O–H groups in total. The second kappa shape index (κ2) is 5.01. The molecule has 0 radical (unpaired) electrons. The van der Waals surface area contributed by atoms with Crippen molar-refractivity contribution >= 4 is 10.9 Å². The van der Waals surface area contributed by atoms with Gasteiger partial charge in [0.25, 0.3) is 0 Å². The fourth-order valence-electron chi connectivity index (χ4n) is 5.71. The zero-order valence-electron chi connectivity index (χ0n) is 14.1. The minimum Gasteiger partial charge on any atom is -0.497 e. The Hall–Kier alpha value is -1.48. The van der Waals surface area contributed by atoms with Crippen LogP contribution in [0.15, 0.2) is 18.2 Å². The third kappa shape index (κ3) is 1.92. The average molecular weight is 310 g/mol. The summed E-state index contributed by atoms with van der Waals surface area (Å²) in [6, 6.07) is 7.32. The quantitative estimate of drug-likeness (QED) is 0.910. The van der Waals surface area contributed by atoms with Crippen LogP contribution in [0.25, 0.3) is 10.9 Å². The van der Waals surface area contributed by atoms with Gasteiger partial charge in [-0.3, -0.25) is 4.90 Å². The van der Waals surface area contributed by atoms with Gasteiger partial charge in [0.2, 0.25) is 0 Å². The molecule has 23 heavy (non-hydrogen) atoms. The van der Waals surface area contributed by atoms with E-state index in [1.165, 1.54) is 49.7 Å². The van der Waals surface area contributed by atoms with E-state index in [1.807, 2.05) is 0 Å². The molecule has 1 aromatic heterocycles. The van der Waals surface area contributed by atoms with Crippen LogP contribution in [0.1, 0.15) is 43.4 Å². The second-order valence-electron chi connectivity index (χ2n) is 7.75. The number of aromatic nitrogens is 1. The van der Waals surface area contributed by atoms with Crippen LogP contribution < -0.4 is 4.74 Å². The zero-order valence-corrected chi connectivity index (χ0v) is 14.1. The third-order valence-electron chi connectivity index (χ3n) is 6.84. The van der Waals surface area contributed by atoms with E-state index in [1.54, 1.807) is 18.4 Å². The van der Waals surface area contributed by atoms with Crippen LogP contribution in [0.5, 0.6) is 5.75 Å². The number of piperidine rings is 2. The number of hydrogen-bond donors (Lipinski definition) is 1. The molecule has 3 fully saturated rings. The maximum atomic E-state index is 5.45. The molecule has 1 saturated carbocycles. The van der Waals surface area contributed by atoms with Gasteiger partial charge < -0.3 is 9.72 Å². The van der Waals surface area contributed by atoms with Gasteiger partial charge in [-0.1, -0.05) is 13.3 Å². The molecule has 3 nitrogen and oxygen atoms in total. The largest absolute Gasteiger partial charge is 0.497 e. The standard InChI is InChI=1S/C20H26N2O/c1-3-12-8-13-11-22-7-6-15-17-9-14(23-2)4-5-18(17)21-20(15)16(13)10-19(12)22/h4-5,9,12-13,16,19,21H,3,6-8,10-11H2,1-2H3. The predicted octanol–water partition coefficient (Wildman–Crippen LogP) is 3.94. The minimum absolute atomic E-state index is 0.743. The second-order valence-corrected chi connectivity index (χ2v) is 7.75. The van der Waals surface area contributed by atoms with Crippen LogP contribution in [0.2, 0.25) is 0 Å². The normalized spacial score (nSPS) is 35.1. The van der Waals surface area contributed by atoms with Gasteiger partial charge in [-0.2, -0.15) is 0 Å². The molecule has 5 aliphatic rings. The number of hydrogen-bond acceptors (Lipinski definition) is 2. The number of nitrogens with one attached hydrogen (secondary N) is 1. The number of ether oxygens (including phenoxy) is 1. The molecule has 4 bridgehead atoms. The predicted molar refractivity (Wildman–Crippen MR) is 93.2 cm³/mol. The number of aromatic amines is 1. The Bertz CT molecular complexity index is 749. The number of nitrogens with zero attached hydrogens (tertiary/aromatic N) is 1. The lowest BCUT2D eigenvalue weighted by atomic mass is 9.63. The summed E-state index contributed by atoms with van der Waals surface area (Å²) < 4.78 is 5.45. The fourth-order valence-corrected chi connectivity index (χ4v) is 5.71. The summed E-state index contributed by atoms with van der Waals surface area (Å²) >= 11 is 0. The van der Waals surface area contributed by atoms with E-state index in [-0.39, 0.29) is 0 Å². The fraction of sp³-hybridized carbons (Fsp3) is 0.600. The first-order chi connectivity index (χ1) is 11.3. The van der Waals surface area contributed by atoms with Crippen molar-refractivity contribution in [2.24, 2.45) is 11.8 Å². The van der Waals surface area contributed by atoms with E-state index >= 15 is 0 Å². The number of rotatable bonds is 2. The van der Waals surface area contributed by atoms with Crippen molar-refractivity contribution in [1.82, 2.24) is 9.88 Å². The average Bonchev–Trinajstić information content (AvgIpc) is 2.94. The van der Waals surface area contributed by atoms with Gasteiger partial charge in [0, 0.05) is 41.6 Å². The molecular formula is C20H26N2O. The van der Waals surface area contributed by atoms with Crippen LogP contribution >= 0.6 is 0 Å². The molecular weight excluding hydrogens is 284 g/mol. The Balaban J connectivity index is 1.64. The van der Waals surface area contributed by atoms with Crippen LogP contribution in [-0.2, 0) is 6.42 Å². The summed E-state index contributed by atoms with van der Waals surface area (Å²) in [5, 5.41) is 1.39. The molecule has 2 aromatic rings. The molecule has 1 aliphatic carbocycles. The molecule has 1 aromatic carbocycles. The molecule has 7 rings (SSSR count). The number of benzene rings is 1. The van der Waals surface area contributed by atoms with Crippen molar-refractivity contribution in [3.8, 4) is 5.75 Å². The summed E-state index contributed by atoms with van der Waals surface area (Å²) in [7, 11) is 1.76. The van der Waals surface area contributed by atoms with E-state index < -0.39 is 0 Å². The van der Waals surface area contributed by atoms with Gasteiger partial charge in [0.15, 0.2) is 0 Å². The summed E-state index contributed by atoms with van der Waals surface area (Å²) in [4.78, 5) is 6.61. The third-order valence-corrected chi connectivity index (χ3v) is 6.84. The minimum atomic E-state index is 0.743. The van der Waals surface area contributed by atoms with Crippen molar-refractivity contribution < 1.29 is 4.74 Å². The monoisotopic (exact) mass is 310 g/mol. The van der Waals surface area contributed by atoms with Gasteiger partial charge in [-0.25, -0.2) is 0 Å². The van der Waals surface area contributed by atoms with Crippen LogP contribution in [0.4, 0.5) is 0 Å². The lowest BCUT2D eigenvalue weighted by molar-refractivity contribution is -0.0191. The lowest BCUT2D eigenvalue weighted by Gasteiger charge is -2.55. The van der Waals surface area contributed by atoms with Crippen LogP contribution in [-0.4, -0.2) is 36.1 Å². The van der Waals surface area contributed by atoms with Crippen molar-refractivity contribution in [3.05, 3.63) is 29.5 Å². The molecule has 4 aliphatic heterocycles. The molecule has 5 atom stereocenters.